The summed E-state index contributed by atoms with van der Waals surface area (Å²) < 4.78 is 38.8. The maximum atomic E-state index is 14.7. The Labute approximate surface area is 197 Å². The molecule has 1 N–H and O–H groups in total. The number of benzene rings is 2. The predicted octanol–water partition coefficient (Wildman–Crippen LogP) is 3.60. The summed E-state index contributed by atoms with van der Waals surface area (Å²) in [5.74, 6) is -0.682. The molecule has 34 heavy (non-hydrogen) atoms. The summed E-state index contributed by atoms with van der Waals surface area (Å²) in [5.41, 5.74) is 2.51. The maximum Gasteiger partial charge on any atom is 0.224 e. The highest BCUT2D eigenvalue weighted by Crippen LogP contribution is 2.25. The van der Waals surface area contributed by atoms with Crippen molar-refractivity contribution in [2.75, 3.05) is 39.5 Å². The van der Waals surface area contributed by atoms with E-state index in [4.69, 9.17) is 9.47 Å². The highest BCUT2D eigenvalue weighted by Gasteiger charge is 2.12. The van der Waals surface area contributed by atoms with Gasteiger partial charge in [-0.3, -0.25) is 9.69 Å². The summed E-state index contributed by atoms with van der Waals surface area (Å²) in [6.45, 7) is 4.61. The van der Waals surface area contributed by atoms with Gasteiger partial charge >= 0.3 is 0 Å². The van der Waals surface area contributed by atoms with Crippen molar-refractivity contribution >= 4 is 5.91 Å². The van der Waals surface area contributed by atoms with Crippen LogP contribution in [0.4, 0.5) is 8.78 Å². The van der Waals surface area contributed by atoms with Crippen LogP contribution in [0.25, 0.3) is 11.1 Å². The standard InChI is InChI=1S/C26H27F2N3O3/c27-22-3-1-2-20(14-22)17-29-25(32)15-19-4-6-21(7-5-19)23-18-30-26(16-24(23)28)34-13-10-31-8-11-33-12-9-31/h1-7,14,16,18H,8-13,15,17H2,(H,29,32). The summed E-state index contributed by atoms with van der Waals surface area (Å²) in [6, 6.07) is 14.5. The van der Waals surface area contributed by atoms with E-state index in [1.54, 1.807) is 36.4 Å². The van der Waals surface area contributed by atoms with Gasteiger partial charge in [-0.05, 0) is 28.8 Å². The zero-order chi connectivity index (χ0) is 23.8. The molecular weight excluding hydrogens is 440 g/mol. The Balaban J connectivity index is 1.28. The predicted molar refractivity (Wildman–Crippen MR) is 124 cm³/mol. The molecule has 2 aromatic carbocycles. The third-order valence-corrected chi connectivity index (χ3v) is 5.60. The lowest BCUT2D eigenvalue weighted by molar-refractivity contribution is -0.120. The summed E-state index contributed by atoms with van der Waals surface area (Å²) in [4.78, 5) is 18.7. The zero-order valence-electron chi connectivity index (χ0n) is 18.8. The van der Waals surface area contributed by atoms with E-state index in [-0.39, 0.29) is 30.6 Å². The van der Waals surface area contributed by atoms with Crippen molar-refractivity contribution < 1.29 is 23.0 Å². The fraction of sp³-hybridized carbons (Fsp3) is 0.308. The van der Waals surface area contributed by atoms with Crippen molar-refractivity contribution in [3.8, 4) is 17.0 Å². The third-order valence-electron chi connectivity index (χ3n) is 5.60. The first kappa shape index (κ1) is 23.8. The summed E-state index contributed by atoms with van der Waals surface area (Å²) >= 11 is 0. The molecule has 0 atom stereocenters. The first-order chi connectivity index (χ1) is 16.6. The number of carbonyl (C=O) groups excluding carboxylic acids is 1. The molecule has 3 aromatic rings. The topological polar surface area (TPSA) is 63.7 Å². The fourth-order valence-electron chi connectivity index (χ4n) is 3.71. The number of halogens is 2. The summed E-state index contributed by atoms with van der Waals surface area (Å²) in [5, 5.41) is 2.78. The third kappa shape index (κ3) is 6.82. The highest BCUT2D eigenvalue weighted by molar-refractivity contribution is 5.78. The quantitative estimate of drug-likeness (QED) is 0.521. The lowest BCUT2D eigenvalue weighted by Gasteiger charge is -2.26. The number of pyridine rings is 1. The average molecular weight is 468 g/mol. The molecule has 0 aliphatic carbocycles. The van der Waals surface area contributed by atoms with Crippen LogP contribution in [0.2, 0.25) is 0 Å². The Morgan fingerprint density at radius 3 is 2.59 bits per heavy atom. The van der Waals surface area contributed by atoms with E-state index in [2.05, 4.69) is 15.2 Å². The van der Waals surface area contributed by atoms with Gasteiger partial charge in [0.15, 0.2) is 0 Å². The minimum Gasteiger partial charge on any atom is -0.476 e. The van der Waals surface area contributed by atoms with Crippen LogP contribution in [0, 0.1) is 11.6 Å². The second-order valence-corrected chi connectivity index (χ2v) is 8.09. The number of nitrogens with one attached hydrogen (secondary N) is 1. The second kappa shape index (κ2) is 11.7. The van der Waals surface area contributed by atoms with Crippen LogP contribution in [0.5, 0.6) is 5.88 Å². The minimum atomic E-state index is -0.419. The van der Waals surface area contributed by atoms with Gasteiger partial charge in [-0.1, -0.05) is 36.4 Å². The Bertz CT molecular complexity index is 1100. The molecule has 0 saturated carbocycles. The molecule has 1 aliphatic rings. The van der Waals surface area contributed by atoms with Crippen LogP contribution in [-0.2, 0) is 22.5 Å². The van der Waals surface area contributed by atoms with Gasteiger partial charge in [0.05, 0.1) is 19.6 Å². The molecule has 1 amide bonds. The van der Waals surface area contributed by atoms with Gasteiger partial charge in [0.1, 0.15) is 18.2 Å². The molecule has 0 radical (unpaired) electrons. The number of hydrogen-bond acceptors (Lipinski definition) is 5. The Hall–Kier alpha value is -3.36. The molecule has 0 bridgehead atoms. The largest absolute Gasteiger partial charge is 0.476 e. The van der Waals surface area contributed by atoms with Crippen molar-refractivity contribution in [2.24, 2.45) is 0 Å². The molecule has 1 aliphatic heterocycles. The van der Waals surface area contributed by atoms with Crippen LogP contribution in [0.3, 0.4) is 0 Å². The fourth-order valence-corrected chi connectivity index (χ4v) is 3.71. The van der Waals surface area contributed by atoms with Crippen LogP contribution < -0.4 is 10.1 Å². The van der Waals surface area contributed by atoms with Gasteiger partial charge in [-0.25, -0.2) is 13.8 Å². The summed E-state index contributed by atoms with van der Waals surface area (Å²) in [7, 11) is 0. The van der Waals surface area contributed by atoms with Crippen molar-refractivity contribution in [3.63, 3.8) is 0 Å². The van der Waals surface area contributed by atoms with E-state index in [1.165, 1.54) is 24.4 Å². The molecule has 4 rings (SSSR count). The SMILES string of the molecule is O=C(Cc1ccc(-c2cnc(OCCN3CCOCC3)cc2F)cc1)NCc1cccc(F)c1. The number of ether oxygens (including phenoxy) is 2. The first-order valence-electron chi connectivity index (χ1n) is 11.3. The molecular formula is C26H27F2N3O3. The molecule has 0 unspecified atom stereocenters. The van der Waals surface area contributed by atoms with Gasteiger partial charge in [0.25, 0.3) is 0 Å². The number of carbonyl (C=O) groups is 1. The van der Waals surface area contributed by atoms with Gasteiger partial charge in [0, 0.05) is 44.0 Å². The smallest absolute Gasteiger partial charge is 0.224 e. The van der Waals surface area contributed by atoms with Crippen LogP contribution >= 0.6 is 0 Å². The molecule has 2 heterocycles. The number of rotatable bonds is 9. The van der Waals surface area contributed by atoms with Crippen molar-refractivity contribution in [1.29, 1.82) is 0 Å². The summed E-state index contributed by atoms with van der Waals surface area (Å²) in [6.07, 6.45) is 1.63. The van der Waals surface area contributed by atoms with Crippen molar-refractivity contribution in [3.05, 3.63) is 83.6 Å². The van der Waals surface area contributed by atoms with Crippen LogP contribution in [0.1, 0.15) is 11.1 Å². The monoisotopic (exact) mass is 467 g/mol. The minimum absolute atomic E-state index is 0.173. The van der Waals surface area contributed by atoms with Crippen LogP contribution in [0.15, 0.2) is 60.8 Å². The number of nitrogens with zero attached hydrogens (tertiary/aromatic N) is 2. The van der Waals surface area contributed by atoms with E-state index in [9.17, 15) is 13.6 Å². The Kier molecular flexibility index (Phi) is 8.17. The normalized spacial score (nSPS) is 14.1. The van der Waals surface area contributed by atoms with Gasteiger partial charge in [-0.2, -0.15) is 0 Å². The van der Waals surface area contributed by atoms with E-state index < -0.39 is 5.82 Å². The van der Waals surface area contributed by atoms with E-state index in [0.717, 1.165) is 38.4 Å². The maximum absolute atomic E-state index is 14.7. The molecule has 1 aromatic heterocycles. The van der Waals surface area contributed by atoms with Crippen LogP contribution in [-0.4, -0.2) is 55.2 Å². The van der Waals surface area contributed by atoms with Crippen molar-refractivity contribution in [2.45, 2.75) is 13.0 Å². The Morgan fingerprint density at radius 2 is 1.85 bits per heavy atom. The van der Waals surface area contributed by atoms with Gasteiger partial charge in [0.2, 0.25) is 11.8 Å². The molecule has 6 nitrogen and oxygen atoms in total. The van der Waals surface area contributed by atoms with E-state index in [1.807, 2.05) is 0 Å². The van der Waals surface area contributed by atoms with Gasteiger partial charge in [-0.15, -0.1) is 0 Å². The second-order valence-electron chi connectivity index (χ2n) is 8.09. The van der Waals surface area contributed by atoms with E-state index >= 15 is 0 Å². The van der Waals surface area contributed by atoms with Gasteiger partial charge < -0.3 is 14.8 Å². The highest BCUT2D eigenvalue weighted by atomic mass is 19.1. The molecule has 1 fully saturated rings. The molecule has 8 heteroatoms. The van der Waals surface area contributed by atoms with Crippen molar-refractivity contribution in [1.82, 2.24) is 15.2 Å². The number of aromatic nitrogens is 1. The molecule has 178 valence electrons. The first-order valence-corrected chi connectivity index (χ1v) is 11.3. The zero-order valence-corrected chi connectivity index (χ0v) is 18.8. The lowest BCUT2D eigenvalue weighted by atomic mass is 10.0. The number of amides is 1. The lowest BCUT2D eigenvalue weighted by Crippen LogP contribution is -2.38. The molecule has 0 spiro atoms. The Morgan fingerprint density at radius 1 is 1.06 bits per heavy atom. The number of morpholine rings is 1. The number of hydrogen-bond donors (Lipinski definition) is 1. The average Bonchev–Trinajstić information content (AvgIpc) is 2.84. The molecule has 1 saturated heterocycles. The van der Waals surface area contributed by atoms with E-state index in [0.29, 0.717) is 23.3 Å².